The van der Waals surface area contributed by atoms with Crippen LogP contribution in [0.4, 0.5) is 11.4 Å². The molecular weight excluding hydrogens is 431 g/mol. The first kappa shape index (κ1) is 22.3. The molecule has 2 fully saturated rings. The topological polar surface area (TPSA) is 47.6 Å². The molecule has 1 unspecified atom stereocenters. The predicted octanol–water partition coefficient (Wildman–Crippen LogP) is 4.96. The largest absolute Gasteiger partial charge is 0.378 e. The lowest BCUT2D eigenvalue weighted by atomic mass is 10.1. The molecule has 2 aromatic carbocycles. The van der Waals surface area contributed by atoms with Crippen molar-refractivity contribution in [1.29, 1.82) is 0 Å². The lowest BCUT2D eigenvalue weighted by Gasteiger charge is -2.42. The van der Waals surface area contributed by atoms with Gasteiger partial charge in [0.15, 0.2) is 0 Å². The van der Waals surface area contributed by atoms with Crippen LogP contribution in [0.25, 0.3) is 0 Å². The van der Waals surface area contributed by atoms with Crippen LogP contribution in [0.1, 0.15) is 38.3 Å². The van der Waals surface area contributed by atoms with E-state index >= 15 is 0 Å². The van der Waals surface area contributed by atoms with Gasteiger partial charge in [-0.15, -0.1) is 0 Å². The molecule has 2 heterocycles. The molecule has 2 saturated heterocycles. The van der Waals surface area contributed by atoms with Crippen molar-refractivity contribution in [3.05, 3.63) is 58.1 Å². The number of halogens is 2. The van der Waals surface area contributed by atoms with E-state index in [1.807, 2.05) is 17.0 Å². The number of nitrogens with zero attached hydrogens (tertiary/aromatic N) is 2. The smallest absolute Gasteiger partial charge is 0.240 e. The van der Waals surface area contributed by atoms with Crippen LogP contribution in [0.15, 0.2) is 42.5 Å². The lowest BCUT2D eigenvalue weighted by Crippen LogP contribution is -2.57. The molecule has 2 aromatic rings. The zero-order valence-corrected chi connectivity index (χ0v) is 19.6. The molecule has 2 aliphatic heterocycles. The summed E-state index contributed by atoms with van der Waals surface area (Å²) >= 11 is 12.4. The van der Waals surface area contributed by atoms with Crippen LogP contribution >= 0.6 is 23.2 Å². The molecular formula is C24H30Cl2N4O. The Hall–Kier alpha value is -1.95. The van der Waals surface area contributed by atoms with Crippen LogP contribution < -0.4 is 15.5 Å². The van der Waals surface area contributed by atoms with Gasteiger partial charge in [0, 0.05) is 53.1 Å². The summed E-state index contributed by atoms with van der Waals surface area (Å²) in [5.74, 6) is 0.258. The quantitative estimate of drug-likeness (QED) is 0.661. The molecule has 0 bridgehead atoms. The minimum Gasteiger partial charge on any atom is -0.378 e. The fourth-order valence-electron chi connectivity index (χ4n) is 4.59. The molecule has 3 atom stereocenters. The second kappa shape index (κ2) is 9.68. The third-order valence-corrected chi connectivity index (χ3v) is 6.85. The number of amides is 1. The number of piperazine rings is 1. The molecule has 0 aromatic heterocycles. The minimum absolute atomic E-state index is 0.00251. The fourth-order valence-corrected chi connectivity index (χ4v) is 5.16. The normalized spacial score (nSPS) is 22.5. The summed E-state index contributed by atoms with van der Waals surface area (Å²) in [5.41, 5.74) is 3.22. The van der Waals surface area contributed by atoms with Gasteiger partial charge in [-0.05, 0) is 69.1 Å². The van der Waals surface area contributed by atoms with E-state index in [-0.39, 0.29) is 24.0 Å². The monoisotopic (exact) mass is 460 g/mol. The Morgan fingerprint density at radius 3 is 2.74 bits per heavy atom. The first-order chi connectivity index (χ1) is 14.9. The highest BCUT2D eigenvalue weighted by atomic mass is 35.5. The van der Waals surface area contributed by atoms with Gasteiger partial charge in [-0.2, -0.15) is 0 Å². The van der Waals surface area contributed by atoms with Crippen molar-refractivity contribution in [2.24, 2.45) is 0 Å². The molecule has 166 valence electrons. The number of hydrogen-bond acceptors (Lipinski definition) is 4. The third-order valence-electron chi connectivity index (χ3n) is 6.29. The molecule has 0 aliphatic carbocycles. The Balaban J connectivity index is 1.41. The lowest BCUT2D eigenvalue weighted by molar-refractivity contribution is -0.135. The number of carbonyl (C=O) groups excluding carboxylic acids is 1. The Morgan fingerprint density at radius 2 is 2.03 bits per heavy atom. The molecule has 0 saturated carbocycles. The maximum atomic E-state index is 12.8. The van der Waals surface area contributed by atoms with E-state index < -0.39 is 0 Å². The number of anilines is 2. The zero-order chi connectivity index (χ0) is 22.0. The average Bonchev–Trinajstić information content (AvgIpc) is 3.28. The number of rotatable bonds is 5. The fraction of sp³-hybridized carbons (Fsp3) is 0.458. The maximum Gasteiger partial charge on any atom is 0.240 e. The van der Waals surface area contributed by atoms with Crippen molar-refractivity contribution in [2.75, 3.05) is 36.4 Å². The van der Waals surface area contributed by atoms with Gasteiger partial charge in [0.2, 0.25) is 5.91 Å². The van der Waals surface area contributed by atoms with Gasteiger partial charge in [0.05, 0.1) is 6.04 Å². The van der Waals surface area contributed by atoms with Crippen molar-refractivity contribution in [3.8, 4) is 0 Å². The van der Waals surface area contributed by atoms with Crippen LogP contribution in [0.3, 0.4) is 0 Å². The van der Waals surface area contributed by atoms with E-state index in [1.54, 1.807) is 6.07 Å². The van der Waals surface area contributed by atoms with Crippen molar-refractivity contribution in [3.63, 3.8) is 0 Å². The summed E-state index contributed by atoms with van der Waals surface area (Å²) in [6.07, 6.45) is 2.04. The minimum atomic E-state index is 0.00251. The molecule has 5 nitrogen and oxygen atoms in total. The van der Waals surface area contributed by atoms with Gasteiger partial charge in [-0.1, -0.05) is 35.3 Å². The highest BCUT2D eigenvalue weighted by Gasteiger charge is 2.33. The van der Waals surface area contributed by atoms with Gasteiger partial charge in [0.1, 0.15) is 0 Å². The second-order valence-electron chi connectivity index (χ2n) is 8.56. The first-order valence-electron chi connectivity index (χ1n) is 11.0. The Kier molecular flexibility index (Phi) is 6.95. The average molecular weight is 461 g/mol. The van der Waals surface area contributed by atoms with Crippen LogP contribution in [0.5, 0.6) is 0 Å². The van der Waals surface area contributed by atoms with Gasteiger partial charge in [0.25, 0.3) is 0 Å². The highest BCUT2D eigenvalue weighted by Crippen LogP contribution is 2.30. The van der Waals surface area contributed by atoms with Gasteiger partial charge in [-0.3, -0.25) is 4.79 Å². The number of hydrogen-bond donors (Lipinski definition) is 2. The van der Waals surface area contributed by atoms with E-state index in [2.05, 4.69) is 53.6 Å². The summed E-state index contributed by atoms with van der Waals surface area (Å²) in [5, 5.41) is 8.18. The van der Waals surface area contributed by atoms with Gasteiger partial charge < -0.3 is 20.4 Å². The SMILES string of the molecule is CC(Nc1cccc(N2CCN(C(=O)[C@H]3CCCN3)[C@H](C)C2)c1)c1ccc(Cl)cc1Cl. The molecule has 1 amide bonds. The molecule has 0 spiro atoms. The molecule has 2 aliphatic rings. The number of nitrogens with one attached hydrogen (secondary N) is 2. The molecule has 2 N–H and O–H groups in total. The molecule has 0 radical (unpaired) electrons. The van der Waals surface area contributed by atoms with E-state index in [0.29, 0.717) is 10.0 Å². The number of carbonyl (C=O) groups is 1. The van der Waals surface area contributed by atoms with Crippen molar-refractivity contribution < 1.29 is 4.79 Å². The van der Waals surface area contributed by atoms with Crippen molar-refractivity contribution in [2.45, 2.75) is 44.8 Å². The summed E-state index contributed by atoms with van der Waals surface area (Å²) < 4.78 is 0. The van der Waals surface area contributed by atoms with Gasteiger partial charge in [-0.25, -0.2) is 0 Å². The van der Waals surface area contributed by atoms with Crippen molar-refractivity contribution >= 4 is 40.5 Å². The Morgan fingerprint density at radius 1 is 1.19 bits per heavy atom. The second-order valence-corrected chi connectivity index (χ2v) is 9.40. The summed E-state index contributed by atoms with van der Waals surface area (Å²) in [6, 6.07) is 14.3. The van der Waals surface area contributed by atoms with Crippen LogP contribution in [0, 0.1) is 0 Å². The molecule has 7 heteroatoms. The van der Waals surface area contributed by atoms with E-state index in [9.17, 15) is 4.79 Å². The first-order valence-corrected chi connectivity index (χ1v) is 11.8. The van der Waals surface area contributed by atoms with E-state index in [0.717, 1.165) is 56.0 Å². The Bertz CT molecular complexity index is 932. The summed E-state index contributed by atoms with van der Waals surface area (Å²) in [6.45, 7) is 7.61. The van der Waals surface area contributed by atoms with Crippen molar-refractivity contribution in [1.82, 2.24) is 10.2 Å². The third kappa shape index (κ3) is 5.11. The highest BCUT2D eigenvalue weighted by molar-refractivity contribution is 6.35. The van der Waals surface area contributed by atoms with Crippen LogP contribution in [-0.2, 0) is 4.79 Å². The molecule has 31 heavy (non-hydrogen) atoms. The number of benzene rings is 2. The standard InChI is InChI=1S/C24H30Cl2N4O/c1-16-15-29(11-12-30(16)24(31)23-7-4-10-27-23)20-6-3-5-19(14-20)28-17(2)21-9-8-18(25)13-22(21)26/h3,5-6,8-9,13-14,16-17,23,27-28H,4,7,10-12,15H2,1-2H3/t16-,17?,23-/m1/s1. The summed E-state index contributed by atoms with van der Waals surface area (Å²) in [4.78, 5) is 17.2. The van der Waals surface area contributed by atoms with E-state index in [4.69, 9.17) is 23.2 Å². The van der Waals surface area contributed by atoms with Crippen LogP contribution in [-0.4, -0.2) is 49.1 Å². The van der Waals surface area contributed by atoms with Gasteiger partial charge >= 0.3 is 0 Å². The van der Waals surface area contributed by atoms with E-state index in [1.165, 1.54) is 0 Å². The predicted molar refractivity (Wildman–Crippen MR) is 129 cm³/mol. The zero-order valence-electron chi connectivity index (χ0n) is 18.1. The van der Waals surface area contributed by atoms with Crippen LogP contribution in [0.2, 0.25) is 10.0 Å². The Labute approximate surface area is 194 Å². The maximum absolute atomic E-state index is 12.8. The summed E-state index contributed by atoms with van der Waals surface area (Å²) in [7, 11) is 0. The molecule has 4 rings (SSSR count).